The highest BCUT2D eigenvalue weighted by atomic mass is 19.1. The van der Waals surface area contributed by atoms with Crippen LogP contribution >= 0.6 is 0 Å². The summed E-state index contributed by atoms with van der Waals surface area (Å²) in [5.74, 6) is -1.77. The number of halogens is 2. The fourth-order valence-electron chi connectivity index (χ4n) is 2.55. The third-order valence-corrected chi connectivity index (χ3v) is 3.55. The summed E-state index contributed by atoms with van der Waals surface area (Å²) in [6, 6.07) is 8.81. The molecule has 0 bridgehead atoms. The van der Waals surface area contributed by atoms with Crippen molar-refractivity contribution in [3.63, 3.8) is 0 Å². The zero-order valence-electron chi connectivity index (χ0n) is 11.5. The topological polar surface area (TPSA) is 53.3 Å². The number of amides is 1. The van der Waals surface area contributed by atoms with Gasteiger partial charge in [0.1, 0.15) is 17.4 Å². The highest BCUT2D eigenvalue weighted by Crippen LogP contribution is 2.39. The predicted octanol–water partition coefficient (Wildman–Crippen LogP) is 3.20. The van der Waals surface area contributed by atoms with Gasteiger partial charge in [-0.3, -0.25) is 9.69 Å². The number of nitrogens with zero attached hydrogens (tertiary/aromatic N) is 2. The lowest BCUT2D eigenvalue weighted by Gasteiger charge is -2.20. The van der Waals surface area contributed by atoms with E-state index in [2.05, 4.69) is 0 Å². The minimum atomic E-state index is -1.13. The molecule has 0 N–H and O–H groups in total. The first kappa shape index (κ1) is 14.0. The molecule has 2 aromatic rings. The average molecular weight is 300 g/mol. The van der Waals surface area contributed by atoms with Crippen LogP contribution in [0.5, 0.6) is 5.75 Å². The number of ether oxygens (including phenoxy) is 1. The average Bonchev–Trinajstić information content (AvgIpc) is 2.80. The number of carbonyl (C=O) groups is 1. The normalized spacial score (nSPS) is 16.4. The van der Waals surface area contributed by atoms with E-state index in [0.29, 0.717) is 17.5 Å². The number of methoxy groups -OCH3 is 1. The first-order valence-corrected chi connectivity index (χ1v) is 6.43. The molecule has 0 radical (unpaired) electrons. The van der Waals surface area contributed by atoms with Gasteiger partial charge in [-0.2, -0.15) is 5.26 Å². The van der Waals surface area contributed by atoms with Crippen molar-refractivity contribution in [3.05, 3.63) is 59.2 Å². The fraction of sp³-hybridized carbons (Fsp3) is 0.125. The van der Waals surface area contributed by atoms with Crippen LogP contribution in [0, 0.1) is 23.0 Å². The number of nitriles is 1. The van der Waals surface area contributed by atoms with Crippen molar-refractivity contribution in [2.75, 3.05) is 12.0 Å². The Bertz CT molecular complexity index is 797. The second kappa shape index (κ2) is 5.11. The maximum atomic E-state index is 14.0. The van der Waals surface area contributed by atoms with Crippen LogP contribution in [0.3, 0.4) is 0 Å². The Hall–Kier alpha value is -2.94. The van der Waals surface area contributed by atoms with Crippen molar-refractivity contribution in [1.82, 2.24) is 0 Å². The third-order valence-electron chi connectivity index (χ3n) is 3.55. The molecule has 3 rings (SSSR count). The van der Waals surface area contributed by atoms with Crippen molar-refractivity contribution in [2.45, 2.75) is 6.04 Å². The van der Waals surface area contributed by atoms with Crippen LogP contribution in [0.15, 0.2) is 36.4 Å². The Morgan fingerprint density at radius 3 is 2.50 bits per heavy atom. The lowest BCUT2D eigenvalue weighted by atomic mass is 10.0. The van der Waals surface area contributed by atoms with Gasteiger partial charge in [-0.05, 0) is 30.3 Å². The molecule has 0 saturated carbocycles. The van der Waals surface area contributed by atoms with Gasteiger partial charge in [0.2, 0.25) is 0 Å². The molecule has 0 saturated heterocycles. The summed E-state index contributed by atoms with van der Waals surface area (Å²) in [5.41, 5.74) is 0.193. The molecule has 1 amide bonds. The maximum absolute atomic E-state index is 14.0. The van der Waals surface area contributed by atoms with E-state index < -0.39 is 23.6 Å². The van der Waals surface area contributed by atoms with Gasteiger partial charge in [-0.15, -0.1) is 0 Å². The van der Waals surface area contributed by atoms with Crippen molar-refractivity contribution >= 4 is 11.6 Å². The Labute approximate surface area is 125 Å². The van der Waals surface area contributed by atoms with Gasteiger partial charge in [0, 0.05) is 17.3 Å². The maximum Gasteiger partial charge on any atom is 0.260 e. The van der Waals surface area contributed by atoms with Gasteiger partial charge in [0.05, 0.1) is 18.7 Å². The molecule has 110 valence electrons. The fourth-order valence-corrected chi connectivity index (χ4v) is 2.55. The Kier molecular flexibility index (Phi) is 3.26. The first-order valence-electron chi connectivity index (χ1n) is 6.43. The summed E-state index contributed by atoms with van der Waals surface area (Å²) in [6.45, 7) is 0. The quantitative estimate of drug-likeness (QED) is 0.856. The van der Waals surface area contributed by atoms with Crippen LogP contribution in [0.4, 0.5) is 14.5 Å². The lowest BCUT2D eigenvalue weighted by Crippen LogP contribution is -2.26. The molecule has 1 aliphatic heterocycles. The summed E-state index contributed by atoms with van der Waals surface area (Å²) in [4.78, 5) is 13.6. The van der Waals surface area contributed by atoms with E-state index in [1.807, 2.05) is 6.07 Å². The monoisotopic (exact) mass is 300 g/mol. The van der Waals surface area contributed by atoms with Crippen LogP contribution < -0.4 is 9.64 Å². The molecule has 1 heterocycles. The molecular weight excluding hydrogens is 290 g/mol. The number of benzene rings is 2. The molecule has 4 nitrogen and oxygen atoms in total. The standard InChI is InChI=1S/C16H10F2N2O2/c1-22-11-4-2-10(3-5-11)20-14(8-19)15-12(16(20)21)6-9(17)7-13(15)18/h2-7,14H,1H3. The van der Waals surface area contributed by atoms with E-state index >= 15 is 0 Å². The highest BCUT2D eigenvalue weighted by Gasteiger charge is 2.40. The van der Waals surface area contributed by atoms with E-state index in [1.165, 1.54) is 7.11 Å². The van der Waals surface area contributed by atoms with E-state index in [-0.39, 0.29) is 11.1 Å². The van der Waals surface area contributed by atoms with Gasteiger partial charge in [0.15, 0.2) is 6.04 Å². The van der Waals surface area contributed by atoms with Gasteiger partial charge in [-0.25, -0.2) is 8.78 Å². The summed E-state index contributed by atoms with van der Waals surface area (Å²) in [6.07, 6.45) is 0. The van der Waals surface area contributed by atoms with Crippen LogP contribution in [-0.4, -0.2) is 13.0 Å². The number of anilines is 1. The molecule has 1 atom stereocenters. The molecule has 0 fully saturated rings. The summed E-state index contributed by atoms with van der Waals surface area (Å²) in [5, 5.41) is 9.33. The molecule has 6 heteroatoms. The van der Waals surface area contributed by atoms with Crippen molar-refractivity contribution in [3.8, 4) is 11.8 Å². The number of hydrogen-bond donors (Lipinski definition) is 0. The second-order valence-corrected chi connectivity index (χ2v) is 4.75. The van der Waals surface area contributed by atoms with E-state index in [9.17, 15) is 18.8 Å². The SMILES string of the molecule is COc1ccc(N2C(=O)c3cc(F)cc(F)c3C2C#N)cc1. The Morgan fingerprint density at radius 2 is 1.91 bits per heavy atom. The molecule has 2 aromatic carbocycles. The van der Waals surface area contributed by atoms with Crippen molar-refractivity contribution in [1.29, 1.82) is 5.26 Å². The van der Waals surface area contributed by atoms with Gasteiger partial charge in [-0.1, -0.05) is 0 Å². The van der Waals surface area contributed by atoms with Gasteiger partial charge >= 0.3 is 0 Å². The minimum Gasteiger partial charge on any atom is -0.497 e. The summed E-state index contributed by atoms with van der Waals surface area (Å²) in [7, 11) is 1.50. The molecule has 22 heavy (non-hydrogen) atoms. The second-order valence-electron chi connectivity index (χ2n) is 4.75. The first-order chi connectivity index (χ1) is 10.6. The molecular formula is C16H10F2N2O2. The van der Waals surface area contributed by atoms with E-state index in [4.69, 9.17) is 4.74 Å². The van der Waals surface area contributed by atoms with Gasteiger partial charge < -0.3 is 4.74 Å². The van der Waals surface area contributed by atoms with Crippen LogP contribution in [0.1, 0.15) is 22.0 Å². The van der Waals surface area contributed by atoms with E-state index in [0.717, 1.165) is 11.0 Å². The highest BCUT2D eigenvalue weighted by molar-refractivity contribution is 6.11. The molecule has 0 aliphatic carbocycles. The van der Waals surface area contributed by atoms with Crippen molar-refractivity contribution in [2.24, 2.45) is 0 Å². The number of fused-ring (bicyclic) bond motifs is 1. The number of rotatable bonds is 2. The van der Waals surface area contributed by atoms with Crippen molar-refractivity contribution < 1.29 is 18.3 Å². The van der Waals surface area contributed by atoms with E-state index in [1.54, 1.807) is 24.3 Å². The Morgan fingerprint density at radius 1 is 1.23 bits per heavy atom. The molecule has 1 aliphatic rings. The lowest BCUT2D eigenvalue weighted by molar-refractivity contribution is 0.0994. The smallest absolute Gasteiger partial charge is 0.260 e. The molecule has 0 spiro atoms. The van der Waals surface area contributed by atoms with Crippen LogP contribution in [0.25, 0.3) is 0 Å². The van der Waals surface area contributed by atoms with Gasteiger partial charge in [0.25, 0.3) is 5.91 Å². The molecule has 1 unspecified atom stereocenters. The predicted molar refractivity (Wildman–Crippen MR) is 74.5 cm³/mol. The van der Waals surface area contributed by atoms with Crippen LogP contribution in [0.2, 0.25) is 0 Å². The number of hydrogen-bond acceptors (Lipinski definition) is 3. The largest absolute Gasteiger partial charge is 0.497 e. The summed E-state index contributed by atoms with van der Waals surface area (Å²) >= 11 is 0. The molecule has 0 aromatic heterocycles. The Balaban J connectivity index is 2.12. The minimum absolute atomic E-state index is 0.0929. The third kappa shape index (κ3) is 1.99. The zero-order chi connectivity index (χ0) is 15.9. The zero-order valence-corrected chi connectivity index (χ0v) is 11.5. The summed E-state index contributed by atoms with van der Waals surface area (Å²) < 4.78 is 32.4. The number of carbonyl (C=O) groups excluding carboxylic acids is 1. The van der Waals surface area contributed by atoms with Crippen LogP contribution in [-0.2, 0) is 0 Å².